The summed E-state index contributed by atoms with van der Waals surface area (Å²) >= 11 is 0. The molecule has 0 aliphatic carbocycles. The highest BCUT2D eigenvalue weighted by molar-refractivity contribution is 4.54. The van der Waals surface area contributed by atoms with Crippen LogP contribution in [0.5, 0.6) is 0 Å². The molecule has 0 amide bonds. The second-order valence-corrected chi connectivity index (χ2v) is 10.5. The summed E-state index contributed by atoms with van der Waals surface area (Å²) in [5.41, 5.74) is 0. The molecule has 1 nitrogen and oxygen atoms in total. The molecule has 0 aromatic carbocycles. The Kier molecular flexibility index (Phi) is 24.2. The van der Waals surface area contributed by atoms with Crippen molar-refractivity contribution < 1.29 is 0 Å². The Bertz CT molecular complexity index is 256. The average Bonchev–Trinajstić information content (AvgIpc) is 2.68. The van der Waals surface area contributed by atoms with Gasteiger partial charge in [0.2, 0.25) is 0 Å². The second-order valence-electron chi connectivity index (χ2n) is 10.5. The Balaban J connectivity index is 3.00. The summed E-state index contributed by atoms with van der Waals surface area (Å²) in [4.78, 5) is 0. The lowest BCUT2D eigenvalue weighted by molar-refractivity contribution is 0.499. The maximum Gasteiger partial charge on any atom is -0.00489 e. The largest absolute Gasteiger partial charge is 0.317 e. The molecule has 1 N–H and O–H groups in total. The fourth-order valence-electron chi connectivity index (χ4n) is 4.21. The number of unbranched alkanes of at least 4 members (excludes halogenated alkanes) is 16. The third-order valence-corrected chi connectivity index (χ3v) is 6.27. The van der Waals surface area contributed by atoms with Crippen LogP contribution in [0.15, 0.2) is 0 Å². The van der Waals surface area contributed by atoms with Gasteiger partial charge >= 0.3 is 0 Å². The minimum absolute atomic E-state index is 0.891. The normalized spacial score (nSPS) is 11.8. The molecule has 0 saturated carbocycles. The molecule has 0 rings (SSSR count). The van der Waals surface area contributed by atoms with E-state index in [4.69, 9.17) is 0 Å². The van der Waals surface area contributed by atoms with Crippen molar-refractivity contribution in [1.82, 2.24) is 5.32 Å². The predicted molar refractivity (Wildman–Crippen MR) is 135 cm³/mol. The fraction of sp³-hybridized carbons (Fsp3) is 1.00. The SMILES string of the molecule is CC(C)CCCCCCCCCCCNCCCCCCCCCCCC(C)C. The Morgan fingerprint density at radius 2 is 0.586 bits per heavy atom. The van der Waals surface area contributed by atoms with Crippen molar-refractivity contribution in [3.63, 3.8) is 0 Å². The van der Waals surface area contributed by atoms with Crippen LogP contribution < -0.4 is 5.32 Å². The van der Waals surface area contributed by atoms with Gasteiger partial charge in [-0.25, -0.2) is 0 Å². The molecule has 0 bridgehead atoms. The molecular weight excluding hydrogens is 350 g/mol. The van der Waals surface area contributed by atoms with Gasteiger partial charge in [-0.15, -0.1) is 0 Å². The number of nitrogens with one attached hydrogen (secondary N) is 1. The molecule has 0 atom stereocenters. The first kappa shape index (κ1) is 29.0. The summed E-state index contributed by atoms with van der Waals surface area (Å²) in [6.07, 6.45) is 28.9. The predicted octanol–water partition coefficient (Wildman–Crippen LogP) is 9.69. The Hall–Kier alpha value is -0.0400. The first-order valence-corrected chi connectivity index (χ1v) is 13.8. The quantitative estimate of drug-likeness (QED) is 0.156. The molecule has 1 heteroatoms. The molecule has 0 aliphatic rings. The van der Waals surface area contributed by atoms with Crippen LogP contribution in [0.25, 0.3) is 0 Å². The Labute approximate surface area is 186 Å². The first-order valence-electron chi connectivity index (χ1n) is 13.8. The van der Waals surface area contributed by atoms with Crippen molar-refractivity contribution in [3.8, 4) is 0 Å². The van der Waals surface area contributed by atoms with Gasteiger partial charge in [0, 0.05) is 0 Å². The van der Waals surface area contributed by atoms with E-state index in [-0.39, 0.29) is 0 Å². The molecule has 0 spiro atoms. The zero-order valence-corrected chi connectivity index (χ0v) is 21.2. The zero-order chi connectivity index (χ0) is 21.4. The third kappa shape index (κ3) is 28.0. The van der Waals surface area contributed by atoms with Crippen LogP contribution in [-0.4, -0.2) is 13.1 Å². The van der Waals surface area contributed by atoms with Crippen LogP contribution in [0, 0.1) is 11.8 Å². The lowest BCUT2D eigenvalue weighted by Gasteiger charge is -2.06. The van der Waals surface area contributed by atoms with Crippen LogP contribution >= 0.6 is 0 Å². The summed E-state index contributed by atoms with van der Waals surface area (Å²) in [6.45, 7) is 11.8. The van der Waals surface area contributed by atoms with Gasteiger partial charge in [0.05, 0.1) is 0 Å². The smallest absolute Gasteiger partial charge is 0.00489 e. The summed E-state index contributed by atoms with van der Waals surface area (Å²) < 4.78 is 0. The van der Waals surface area contributed by atoms with Gasteiger partial charge in [-0.05, 0) is 37.8 Å². The van der Waals surface area contributed by atoms with Gasteiger partial charge in [-0.2, -0.15) is 0 Å². The first-order chi connectivity index (χ1) is 14.1. The van der Waals surface area contributed by atoms with E-state index >= 15 is 0 Å². The van der Waals surface area contributed by atoms with Crippen LogP contribution in [0.3, 0.4) is 0 Å². The van der Waals surface area contributed by atoms with Crippen LogP contribution in [-0.2, 0) is 0 Å². The minimum Gasteiger partial charge on any atom is -0.317 e. The van der Waals surface area contributed by atoms with E-state index < -0.39 is 0 Å². The summed E-state index contributed by atoms with van der Waals surface area (Å²) in [6, 6.07) is 0. The van der Waals surface area contributed by atoms with E-state index in [1.807, 2.05) is 0 Å². The zero-order valence-electron chi connectivity index (χ0n) is 21.2. The van der Waals surface area contributed by atoms with Crippen LogP contribution in [0.1, 0.15) is 156 Å². The molecule has 0 aromatic heterocycles. The molecule has 29 heavy (non-hydrogen) atoms. The minimum atomic E-state index is 0.891. The van der Waals surface area contributed by atoms with Crippen molar-refractivity contribution in [2.75, 3.05) is 13.1 Å². The Morgan fingerprint density at radius 1 is 0.345 bits per heavy atom. The highest BCUT2D eigenvalue weighted by Gasteiger charge is 1.97. The molecule has 0 aliphatic heterocycles. The molecular formula is C28H59N. The summed E-state index contributed by atoms with van der Waals surface area (Å²) in [5.74, 6) is 1.78. The van der Waals surface area contributed by atoms with Crippen LogP contribution in [0.4, 0.5) is 0 Å². The molecule has 0 saturated heterocycles. The molecule has 0 aromatic rings. The van der Waals surface area contributed by atoms with Gasteiger partial charge in [-0.3, -0.25) is 0 Å². The van der Waals surface area contributed by atoms with Crippen molar-refractivity contribution in [3.05, 3.63) is 0 Å². The monoisotopic (exact) mass is 409 g/mol. The number of hydrogen-bond acceptors (Lipinski definition) is 1. The highest BCUT2D eigenvalue weighted by atomic mass is 14.8. The van der Waals surface area contributed by atoms with Gasteiger partial charge in [0.25, 0.3) is 0 Å². The molecule has 0 heterocycles. The third-order valence-electron chi connectivity index (χ3n) is 6.27. The van der Waals surface area contributed by atoms with Gasteiger partial charge in [0.15, 0.2) is 0 Å². The number of rotatable bonds is 24. The number of hydrogen-bond donors (Lipinski definition) is 1. The molecule has 0 unspecified atom stereocenters. The van der Waals surface area contributed by atoms with Crippen molar-refractivity contribution in [2.24, 2.45) is 11.8 Å². The topological polar surface area (TPSA) is 12.0 Å². The standard InChI is InChI=1S/C28H59N/c1-27(2)23-19-15-11-7-5-9-13-17-21-25-29-26-22-18-14-10-6-8-12-16-20-24-28(3)4/h27-29H,5-26H2,1-4H3. The maximum atomic E-state index is 3.65. The van der Waals surface area contributed by atoms with E-state index in [9.17, 15) is 0 Å². The van der Waals surface area contributed by atoms with E-state index in [1.54, 1.807) is 0 Å². The van der Waals surface area contributed by atoms with Gasteiger partial charge in [-0.1, -0.05) is 143 Å². The molecule has 176 valence electrons. The second kappa shape index (κ2) is 24.2. The Morgan fingerprint density at radius 3 is 0.862 bits per heavy atom. The lowest BCUT2D eigenvalue weighted by atomic mass is 10.0. The van der Waals surface area contributed by atoms with Crippen LogP contribution in [0.2, 0.25) is 0 Å². The highest BCUT2D eigenvalue weighted by Crippen LogP contribution is 2.14. The summed E-state index contributed by atoms with van der Waals surface area (Å²) in [5, 5.41) is 3.65. The van der Waals surface area contributed by atoms with Crippen molar-refractivity contribution >= 4 is 0 Å². The van der Waals surface area contributed by atoms with Gasteiger partial charge < -0.3 is 5.32 Å². The van der Waals surface area contributed by atoms with E-state index in [2.05, 4.69) is 33.0 Å². The van der Waals surface area contributed by atoms with E-state index in [0.717, 1.165) is 11.8 Å². The van der Waals surface area contributed by atoms with Crippen molar-refractivity contribution in [2.45, 2.75) is 156 Å². The summed E-state index contributed by atoms with van der Waals surface area (Å²) in [7, 11) is 0. The van der Waals surface area contributed by atoms with E-state index in [0.29, 0.717) is 0 Å². The average molecular weight is 410 g/mol. The maximum absolute atomic E-state index is 3.65. The van der Waals surface area contributed by atoms with E-state index in [1.165, 1.54) is 142 Å². The van der Waals surface area contributed by atoms with Gasteiger partial charge in [0.1, 0.15) is 0 Å². The molecule has 0 fully saturated rings. The fourth-order valence-corrected chi connectivity index (χ4v) is 4.21. The lowest BCUT2D eigenvalue weighted by Crippen LogP contribution is -2.16. The molecule has 0 radical (unpaired) electrons. The van der Waals surface area contributed by atoms with Crippen molar-refractivity contribution in [1.29, 1.82) is 0 Å².